The lowest BCUT2D eigenvalue weighted by Gasteiger charge is -2.54. The van der Waals surface area contributed by atoms with Crippen LogP contribution in [0.4, 0.5) is 0 Å². The molecule has 1 N–H and O–H groups in total. The number of dihydropyridines is 1. The number of hydrogen-bond acceptors (Lipinski definition) is 2. The molecular formula is C37H52BBrN2. The second-order valence-electron chi connectivity index (χ2n) is 14.4. The number of halogens is 1. The van der Waals surface area contributed by atoms with Crippen LogP contribution in [-0.2, 0) is 0 Å². The van der Waals surface area contributed by atoms with Crippen molar-refractivity contribution in [1.29, 1.82) is 0 Å². The first-order chi connectivity index (χ1) is 19.5. The first-order valence-electron chi connectivity index (χ1n) is 16.2. The monoisotopic (exact) mass is 614 g/mol. The molecule has 0 amide bonds. The van der Waals surface area contributed by atoms with Gasteiger partial charge < -0.3 is 5.32 Å². The summed E-state index contributed by atoms with van der Waals surface area (Å²) in [4.78, 5) is 4.57. The molecule has 1 aromatic rings. The molecule has 0 spiro atoms. The zero-order valence-electron chi connectivity index (χ0n) is 26.9. The van der Waals surface area contributed by atoms with E-state index in [0.717, 1.165) is 6.54 Å². The number of nitrogens with zero attached hydrogens (tertiary/aromatic N) is 1. The Labute approximate surface area is 259 Å². The first-order valence-corrected chi connectivity index (χ1v) is 17.0. The van der Waals surface area contributed by atoms with Gasteiger partial charge in [-0.1, -0.05) is 110 Å². The van der Waals surface area contributed by atoms with E-state index in [1.165, 1.54) is 22.0 Å². The SMILES string of the molecule is CC1=CC(C)C(C2=CC=CNC2)C(C)C1B(C1C(C)CC(C)=C(Br)C1C)C1C(C)C=C(C)C(c2cccnc2)C1C. The van der Waals surface area contributed by atoms with E-state index in [4.69, 9.17) is 0 Å². The van der Waals surface area contributed by atoms with Gasteiger partial charge in [-0.2, -0.15) is 0 Å². The van der Waals surface area contributed by atoms with Crippen LogP contribution in [0.2, 0.25) is 17.5 Å². The molecule has 41 heavy (non-hydrogen) atoms. The number of hydrogen-bond donors (Lipinski definition) is 1. The van der Waals surface area contributed by atoms with Crippen molar-refractivity contribution in [2.75, 3.05) is 6.54 Å². The minimum atomic E-state index is 0.426. The third-order valence-electron chi connectivity index (χ3n) is 11.8. The molecular weight excluding hydrogens is 563 g/mol. The van der Waals surface area contributed by atoms with Gasteiger partial charge >= 0.3 is 0 Å². The highest BCUT2D eigenvalue weighted by atomic mass is 79.9. The number of aromatic nitrogens is 1. The summed E-state index contributed by atoms with van der Waals surface area (Å²) >= 11 is 4.13. The highest BCUT2D eigenvalue weighted by molar-refractivity contribution is 9.11. The standard InChI is InChI=1S/C37H52BBrN2/c1-21-16-23(3)34(27(7)32(21)30-12-10-14-40-19-30)38(36-25(5)18-26(6)37(39)29(36)9)35-24(4)17-22(2)33(28(35)8)31-13-11-15-41-20-31/h10-17,19,22-23,25,27-29,32-36,41H,18,20H2,1-9H3. The van der Waals surface area contributed by atoms with Gasteiger partial charge in [0.2, 0.25) is 0 Å². The number of nitrogens with one attached hydrogen (secondary N) is 1. The maximum atomic E-state index is 4.57. The molecule has 4 heteroatoms. The van der Waals surface area contributed by atoms with Gasteiger partial charge in [0.1, 0.15) is 0 Å². The van der Waals surface area contributed by atoms with Gasteiger partial charge in [-0.05, 0) is 108 Å². The lowest BCUT2D eigenvalue weighted by atomic mass is 9.18. The van der Waals surface area contributed by atoms with E-state index < -0.39 is 0 Å². The van der Waals surface area contributed by atoms with Crippen LogP contribution in [0.25, 0.3) is 0 Å². The van der Waals surface area contributed by atoms with Crippen LogP contribution in [0, 0.1) is 41.4 Å². The molecule has 220 valence electrons. The Morgan fingerprint density at radius 2 is 1.66 bits per heavy atom. The average Bonchev–Trinajstić information content (AvgIpc) is 2.92. The van der Waals surface area contributed by atoms with Gasteiger partial charge in [-0.25, -0.2) is 0 Å². The Morgan fingerprint density at radius 1 is 0.927 bits per heavy atom. The molecule has 2 heterocycles. The fourth-order valence-electron chi connectivity index (χ4n) is 10.6. The highest BCUT2D eigenvalue weighted by Crippen LogP contribution is 2.61. The minimum absolute atomic E-state index is 0.426. The fourth-order valence-corrected chi connectivity index (χ4v) is 11.0. The van der Waals surface area contributed by atoms with Crippen molar-refractivity contribution in [3.63, 3.8) is 0 Å². The lowest BCUT2D eigenvalue weighted by Crippen LogP contribution is -2.50. The van der Waals surface area contributed by atoms with Crippen molar-refractivity contribution in [1.82, 2.24) is 10.3 Å². The van der Waals surface area contributed by atoms with Crippen molar-refractivity contribution >= 4 is 22.6 Å². The topological polar surface area (TPSA) is 24.9 Å². The Bertz CT molecular complexity index is 1260. The van der Waals surface area contributed by atoms with Crippen LogP contribution in [0.15, 0.2) is 81.8 Å². The number of allylic oxidation sites excluding steroid dienone is 8. The van der Waals surface area contributed by atoms with Gasteiger partial charge in [0, 0.05) is 24.9 Å². The molecule has 0 radical (unpaired) electrons. The van der Waals surface area contributed by atoms with E-state index in [0.29, 0.717) is 71.5 Å². The Kier molecular flexibility index (Phi) is 9.29. The fraction of sp³-hybridized carbons (Fsp3) is 0.595. The molecule has 5 rings (SSSR count). The zero-order chi connectivity index (χ0) is 29.6. The van der Waals surface area contributed by atoms with Crippen molar-refractivity contribution in [3.05, 3.63) is 87.4 Å². The molecule has 1 aromatic heterocycles. The van der Waals surface area contributed by atoms with E-state index in [2.05, 4.69) is 137 Å². The third-order valence-corrected chi connectivity index (χ3v) is 13.2. The molecule has 0 saturated carbocycles. The average molecular weight is 616 g/mol. The highest BCUT2D eigenvalue weighted by Gasteiger charge is 2.54. The first kappa shape index (κ1) is 30.6. The smallest absolute Gasteiger partial charge is 0.156 e. The van der Waals surface area contributed by atoms with Crippen LogP contribution in [0.1, 0.15) is 80.2 Å². The summed E-state index contributed by atoms with van der Waals surface area (Å²) in [6.07, 6.45) is 17.2. The second-order valence-corrected chi connectivity index (χ2v) is 15.2. The summed E-state index contributed by atoms with van der Waals surface area (Å²) in [7, 11) is 0. The summed E-state index contributed by atoms with van der Waals surface area (Å²) < 4.78 is 1.47. The predicted octanol–water partition coefficient (Wildman–Crippen LogP) is 10.2. The van der Waals surface area contributed by atoms with Crippen LogP contribution >= 0.6 is 15.9 Å². The van der Waals surface area contributed by atoms with Gasteiger partial charge in [-0.15, -0.1) is 0 Å². The molecule has 1 aliphatic heterocycles. The number of rotatable bonds is 5. The zero-order valence-corrected chi connectivity index (χ0v) is 28.4. The maximum Gasteiger partial charge on any atom is 0.156 e. The minimum Gasteiger partial charge on any atom is -0.387 e. The summed E-state index contributed by atoms with van der Waals surface area (Å²) in [5, 5.41) is 3.53. The molecule has 4 aliphatic rings. The molecule has 0 bridgehead atoms. The quantitative estimate of drug-likeness (QED) is 0.263. The molecule has 11 unspecified atom stereocenters. The van der Waals surface area contributed by atoms with E-state index in [9.17, 15) is 0 Å². The van der Waals surface area contributed by atoms with Crippen molar-refractivity contribution < 1.29 is 0 Å². The Morgan fingerprint density at radius 3 is 2.32 bits per heavy atom. The van der Waals surface area contributed by atoms with Crippen molar-refractivity contribution in [2.24, 2.45) is 41.4 Å². The predicted molar refractivity (Wildman–Crippen MR) is 181 cm³/mol. The van der Waals surface area contributed by atoms with Gasteiger partial charge in [0.25, 0.3) is 0 Å². The largest absolute Gasteiger partial charge is 0.387 e. The second kappa shape index (κ2) is 12.4. The van der Waals surface area contributed by atoms with Crippen molar-refractivity contribution in [2.45, 2.75) is 92.1 Å². The summed E-state index contributed by atoms with van der Waals surface area (Å²) in [5.41, 5.74) is 7.67. The Hall–Kier alpha value is -1.81. The maximum absolute atomic E-state index is 4.57. The van der Waals surface area contributed by atoms with E-state index in [-0.39, 0.29) is 0 Å². The molecule has 2 nitrogen and oxygen atoms in total. The van der Waals surface area contributed by atoms with Crippen LogP contribution in [-0.4, -0.2) is 18.2 Å². The molecule has 0 saturated heterocycles. The molecule has 0 fully saturated rings. The summed E-state index contributed by atoms with van der Waals surface area (Å²) in [5.74, 6) is 6.22. The van der Waals surface area contributed by atoms with Gasteiger partial charge in [0.15, 0.2) is 6.71 Å². The van der Waals surface area contributed by atoms with Crippen LogP contribution in [0.5, 0.6) is 0 Å². The molecule has 3 aliphatic carbocycles. The van der Waals surface area contributed by atoms with Crippen LogP contribution in [0.3, 0.4) is 0 Å². The Balaban J connectivity index is 1.66. The van der Waals surface area contributed by atoms with Crippen molar-refractivity contribution in [3.8, 4) is 0 Å². The number of pyridine rings is 1. The lowest BCUT2D eigenvalue weighted by molar-refractivity contribution is 0.291. The summed E-state index contributed by atoms with van der Waals surface area (Å²) in [6, 6.07) is 4.43. The molecule has 0 aromatic carbocycles. The third kappa shape index (κ3) is 5.64. The summed E-state index contributed by atoms with van der Waals surface area (Å²) in [6.45, 7) is 24.0. The van der Waals surface area contributed by atoms with Gasteiger partial charge in [0.05, 0.1) is 0 Å². The normalized spacial score (nSPS) is 39.5. The van der Waals surface area contributed by atoms with Crippen LogP contribution < -0.4 is 5.32 Å². The van der Waals surface area contributed by atoms with E-state index in [1.807, 2.05) is 6.20 Å². The van der Waals surface area contributed by atoms with E-state index >= 15 is 0 Å². The van der Waals surface area contributed by atoms with E-state index in [1.54, 1.807) is 16.7 Å². The van der Waals surface area contributed by atoms with Gasteiger partial charge in [-0.3, -0.25) is 4.98 Å². The molecule has 11 atom stereocenters.